The van der Waals surface area contributed by atoms with Gasteiger partial charge in [-0.3, -0.25) is 10.1 Å². The van der Waals surface area contributed by atoms with Crippen molar-refractivity contribution in [2.24, 2.45) is 10.7 Å². The number of nitrogens with one attached hydrogen (secondary N) is 1. The average molecular weight is 237 g/mol. The molecular formula is C11H12FN3O2. The average Bonchev–Trinajstić information content (AvgIpc) is 2.52. The van der Waals surface area contributed by atoms with E-state index in [-0.39, 0.29) is 17.3 Å². The van der Waals surface area contributed by atoms with E-state index in [1.165, 1.54) is 26.2 Å². The summed E-state index contributed by atoms with van der Waals surface area (Å²) in [4.78, 5) is 15.8. The van der Waals surface area contributed by atoms with Crippen LogP contribution in [0.5, 0.6) is 5.75 Å². The van der Waals surface area contributed by atoms with Gasteiger partial charge in [-0.15, -0.1) is 0 Å². The molecule has 0 spiro atoms. The van der Waals surface area contributed by atoms with Gasteiger partial charge in [0.25, 0.3) is 5.91 Å². The number of carbonyl (C=O) groups excluding carboxylic acids is 1. The molecule has 0 aromatic heterocycles. The Bertz CT molecular complexity index is 515. The first-order chi connectivity index (χ1) is 7.99. The van der Waals surface area contributed by atoms with Crippen molar-refractivity contribution in [3.63, 3.8) is 0 Å². The van der Waals surface area contributed by atoms with Gasteiger partial charge < -0.3 is 10.5 Å². The predicted octanol–water partition coefficient (Wildman–Crippen LogP) is 0.494. The summed E-state index contributed by atoms with van der Waals surface area (Å²) in [5.41, 5.74) is 4.13. The molecule has 0 fully saturated rings. The molecule has 1 unspecified atom stereocenters. The molecule has 0 saturated carbocycles. The lowest BCUT2D eigenvalue weighted by Gasteiger charge is -2.21. The van der Waals surface area contributed by atoms with Crippen molar-refractivity contribution in [1.82, 2.24) is 5.32 Å². The molecule has 6 heteroatoms. The SMILES string of the molecule is COc1cccc(F)c1C1(C)N=C(N)NC1=O. The second-order valence-electron chi connectivity index (χ2n) is 3.84. The fourth-order valence-corrected chi connectivity index (χ4v) is 1.87. The summed E-state index contributed by atoms with van der Waals surface area (Å²) >= 11 is 0. The minimum Gasteiger partial charge on any atom is -0.496 e. The van der Waals surface area contributed by atoms with Gasteiger partial charge in [0.1, 0.15) is 11.6 Å². The third kappa shape index (κ3) is 1.61. The zero-order chi connectivity index (χ0) is 12.6. The number of methoxy groups -OCH3 is 1. The maximum absolute atomic E-state index is 13.9. The maximum Gasteiger partial charge on any atom is 0.259 e. The van der Waals surface area contributed by atoms with Crippen LogP contribution in [0.15, 0.2) is 23.2 Å². The first kappa shape index (κ1) is 11.4. The molecule has 2 rings (SSSR count). The minimum atomic E-state index is -1.39. The Morgan fingerprint density at radius 3 is 2.76 bits per heavy atom. The van der Waals surface area contributed by atoms with Crippen molar-refractivity contribution in [2.45, 2.75) is 12.5 Å². The second-order valence-corrected chi connectivity index (χ2v) is 3.84. The fourth-order valence-electron chi connectivity index (χ4n) is 1.87. The predicted molar refractivity (Wildman–Crippen MR) is 60.1 cm³/mol. The van der Waals surface area contributed by atoms with Crippen molar-refractivity contribution in [1.29, 1.82) is 0 Å². The van der Waals surface area contributed by atoms with Crippen LogP contribution in [0.4, 0.5) is 4.39 Å². The van der Waals surface area contributed by atoms with E-state index >= 15 is 0 Å². The van der Waals surface area contributed by atoms with Crippen molar-refractivity contribution in [3.05, 3.63) is 29.6 Å². The van der Waals surface area contributed by atoms with E-state index in [2.05, 4.69) is 10.3 Å². The molecule has 5 nitrogen and oxygen atoms in total. The lowest BCUT2D eigenvalue weighted by molar-refractivity contribution is -0.123. The van der Waals surface area contributed by atoms with E-state index in [1.54, 1.807) is 6.07 Å². The van der Waals surface area contributed by atoms with Crippen LogP contribution in [-0.2, 0) is 10.3 Å². The van der Waals surface area contributed by atoms with Crippen molar-refractivity contribution in [2.75, 3.05) is 7.11 Å². The molecule has 0 aliphatic carbocycles. The van der Waals surface area contributed by atoms with Crippen molar-refractivity contribution < 1.29 is 13.9 Å². The van der Waals surface area contributed by atoms with Gasteiger partial charge in [0.2, 0.25) is 0 Å². The Hall–Kier alpha value is -2.11. The minimum absolute atomic E-state index is 0.0252. The first-order valence-corrected chi connectivity index (χ1v) is 4.99. The lowest BCUT2D eigenvalue weighted by atomic mass is 9.91. The number of ether oxygens (including phenoxy) is 1. The molecule has 3 N–H and O–H groups in total. The maximum atomic E-state index is 13.9. The van der Waals surface area contributed by atoms with Gasteiger partial charge in [-0.2, -0.15) is 0 Å². The highest BCUT2D eigenvalue weighted by atomic mass is 19.1. The monoisotopic (exact) mass is 237 g/mol. The van der Waals surface area contributed by atoms with Crippen molar-refractivity contribution >= 4 is 11.9 Å². The van der Waals surface area contributed by atoms with Gasteiger partial charge in [0, 0.05) is 0 Å². The van der Waals surface area contributed by atoms with Gasteiger partial charge in [0.15, 0.2) is 11.5 Å². The number of hydrogen-bond donors (Lipinski definition) is 2. The number of hydrogen-bond acceptors (Lipinski definition) is 4. The number of nitrogens with two attached hydrogens (primary N) is 1. The largest absolute Gasteiger partial charge is 0.496 e. The van der Waals surface area contributed by atoms with Gasteiger partial charge in [-0.25, -0.2) is 9.38 Å². The number of nitrogens with zero attached hydrogens (tertiary/aromatic N) is 1. The molecule has 0 saturated heterocycles. The molecule has 1 aliphatic rings. The smallest absolute Gasteiger partial charge is 0.259 e. The van der Waals surface area contributed by atoms with E-state index in [0.717, 1.165) is 0 Å². The van der Waals surface area contributed by atoms with E-state index in [0.29, 0.717) is 0 Å². The number of rotatable bonds is 2. The van der Waals surface area contributed by atoms with E-state index in [4.69, 9.17) is 10.5 Å². The molecule has 1 atom stereocenters. The molecule has 1 aromatic carbocycles. The number of halogens is 1. The van der Waals surface area contributed by atoms with Crippen LogP contribution in [0.1, 0.15) is 12.5 Å². The molecule has 0 radical (unpaired) electrons. The van der Waals surface area contributed by atoms with Crippen molar-refractivity contribution in [3.8, 4) is 5.75 Å². The molecule has 17 heavy (non-hydrogen) atoms. The molecule has 0 bridgehead atoms. The third-order valence-corrected chi connectivity index (χ3v) is 2.71. The highest BCUT2D eigenvalue weighted by Gasteiger charge is 2.44. The van der Waals surface area contributed by atoms with Crippen LogP contribution in [0.3, 0.4) is 0 Å². The highest BCUT2D eigenvalue weighted by molar-refractivity contribution is 6.07. The Labute approximate surface area is 97.5 Å². The van der Waals surface area contributed by atoms with Crippen LogP contribution in [0, 0.1) is 5.82 Å². The number of aliphatic imine (C=N–C) groups is 1. The Balaban J connectivity index is 2.65. The summed E-state index contributed by atoms with van der Waals surface area (Å²) in [6.45, 7) is 1.49. The topological polar surface area (TPSA) is 76.7 Å². The fraction of sp³-hybridized carbons (Fsp3) is 0.273. The van der Waals surface area contributed by atoms with Crippen LogP contribution in [-0.4, -0.2) is 19.0 Å². The first-order valence-electron chi connectivity index (χ1n) is 4.99. The zero-order valence-corrected chi connectivity index (χ0v) is 9.45. The number of benzene rings is 1. The van der Waals surface area contributed by atoms with E-state index in [1.807, 2.05) is 0 Å². The molecule has 1 heterocycles. The van der Waals surface area contributed by atoms with Crippen LogP contribution >= 0.6 is 0 Å². The van der Waals surface area contributed by atoms with E-state index < -0.39 is 17.3 Å². The standard InChI is InChI=1S/C11H12FN3O2/c1-11(9(16)14-10(13)15-11)8-6(12)4-3-5-7(8)17-2/h3-5H,1-2H3,(H3,13,14,15,16). The Morgan fingerprint density at radius 2 is 2.24 bits per heavy atom. The van der Waals surface area contributed by atoms with Gasteiger partial charge in [0.05, 0.1) is 12.7 Å². The molecule has 90 valence electrons. The Morgan fingerprint density at radius 1 is 1.53 bits per heavy atom. The second kappa shape index (κ2) is 3.73. The third-order valence-electron chi connectivity index (χ3n) is 2.71. The summed E-state index contributed by atoms with van der Waals surface area (Å²) in [6, 6.07) is 4.32. The molecule has 1 amide bonds. The normalized spacial score (nSPS) is 23.2. The molecular weight excluding hydrogens is 225 g/mol. The zero-order valence-electron chi connectivity index (χ0n) is 9.45. The number of amides is 1. The summed E-state index contributed by atoms with van der Waals surface area (Å²) in [5, 5.41) is 2.35. The summed E-state index contributed by atoms with van der Waals surface area (Å²) in [7, 11) is 1.40. The van der Waals surface area contributed by atoms with Gasteiger partial charge >= 0.3 is 0 Å². The number of guanidine groups is 1. The number of carbonyl (C=O) groups is 1. The van der Waals surface area contributed by atoms with Crippen LogP contribution < -0.4 is 15.8 Å². The Kier molecular flexibility index (Phi) is 2.49. The van der Waals surface area contributed by atoms with Crippen LogP contribution in [0.2, 0.25) is 0 Å². The van der Waals surface area contributed by atoms with Gasteiger partial charge in [-0.1, -0.05) is 6.07 Å². The summed E-state index contributed by atoms with van der Waals surface area (Å²) in [6.07, 6.45) is 0. The lowest BCUT2D eigenvalue weighted by Crippen LogP contribution is -2.37. The molecule has 1 aliphatic heterocycles. The quantitative estimate of drug-likeness (QED) is 0.786. The van der Waals surface area contributed by atoms with E-state index in [9.17, 15) is 9.18 Å². The van der Waals surface area contributed by atoms with Gasteiger partial charge in [-0.05, 0) is 19.1 Å². The summed E-state index contributed by atoms with van der Waals surface area (Å²) < 4.78 is 18.9. The van der Waals surface area contributed by atoms with Crippen LogP contribution in [0.25, 0.3) is 0 Å². The molecule has 1 aromatic rings. The highest BCUT2D eigenvalue weighted by Crippen LogP contribution is 2.37. The summed E-state index contributed by atoms with van der Waals surface area (Å²) in [5.74, 6) is -0.789.